The average molecular weight is 332 g/mol. The summed E-state index contributed by atoms with van der Waals surface area (Å²) in [6.45, 7) is 0.209. The summed E-state index contributed by atoms with van der Waals surface area (Å²) in [5.41, 5.74) is 1.27. The Balaban J connectivity index is 1.78. The summed E-state index contributed by atoms with van der Waals surface area (Å²) < 4.78 is 11.3. The van der Waals surface area contributed by atoms with E-state index in [1.807, 2.05) is 12.1 Å². The van der Waals surface area contributed by atoms with E-state index >= 15 is 0 Å². The third-order valence-electron chi connectivity index (χ3n) is 2.80. The molecule has 0 aliphatic carbocycles. The van der Waals surface area contributed by atoms with Crippen LogP contribution in [0.1, 0.15) is 16.1 Å². The first-order chi connectivity index (χ1) is 9.72. The minimum atomic E-state index is -0.0780. The molecule has 20 heavy (non-hydrogen) atoms. The van der Waals surface area contributed by atoms with E-state index < -0.39 is 0 Å². The topological polar surface area (TPSA) is 48.4 Å². The average Bonchev–Trinajstić information content (AvgIpc) is 2.92. The molecule has 1 aromatic carbocycles. The van der Waals surface area contributed by atoms with Crippen molar-refractivity contribution in [1.82, 2.24) is 4.98 Å². The Morgan fingerprint density at radius 1 is 1.25 bits per heavy atom. The van der Waals surface area contributed by atoms with Crippen molar-refractivity contribution in [3.63, 3.8) is 0 Å². The zero-order valence-electron chi connectivity index (χ0n) is 10.4. The number of ketones is 1. The molecule has 0 radical (unpaired) electrons. The predicted molar refractivity (Wildman–Crippen MR) is 77.9 cm³/mol. The van der Waals surface area contributed by atoms with Crippen LogP contribution < -0.4 is 9.47 Å². The standard InChI is InChI=1S/C15H10BrNO3/c16-11-3-1-2-10(6-11)13(18)5-4-12-7-14-15(8-17-12)20-9-19-14/h1-8H,9H2/b5-4+. The highest BCUT2D eigenvalue weighted by Gasteiger charge is 2.13. The molecule has 5 heteroatoms. The Morgan fingerprint density at radius 3 is 2.95 bits per heavy atom. The highest BCUT2D eigenvalue weighted by atomic mass is 79.9. The Labute approximate surface area is 124 Å². The molecule has 0 saturated heterocycles. The Hall–Kier alpha value is -2.14. The largest absolute Gasteiger partial charge is 0.453 e. The summed E-state index contributed by atoms with van der Waals surface area (Å²) >= 11 is 3.34. The van der Waals surface area contributed by atoms with E-state index in [4.69, 9.17) is 9.47 Å². The molecule has 1 aromatic heterocycles. The highest BCUT2D eigenvalue weighted by molar-refractivity contribution is 9.10. The van der Waals surface area contributed by atoms with Crippen molar-refractivity contribution in [3.05, 3.63) is 58.3 Å². The van der Waals surface area contributed by atoms with Crippen LogP contribution in [-0.2, 0) is 0 Å². The molecule has 0 spiro atoms. The van der Waals surface area contributed by atoms with Gasteiger partial charge in [0, 0.05) is 16.1 Å². The number of carbonyl (C=O) groups excluding carboxylic acids is 1. The van der Waals surface area contributed by atoms with Crippen molar-refractivity contribution in [2.75, 3.05) is 6.79 Å². The number of rotatable bonds is 3. The fourth-order valence-corrected chi connectivity index (χ4v) is 2.21. The van der Waals surface area contributed by atoms with E-state index in [1.165, 1.54) is 6.08 Å². The van der Waals surface area contributed by atoms with Crippen LogP contribution in [0.4, 0.5) is 0 Å². The maximum atomic E-state index is 12.0. The molecule has 0 amide bonds. The quantitative estimate of drug-likeness (QED) is 0.638. The first kappa shape index (κ1) is 12.9. The molecule has 0 unspecified atom stereocenters. The Kier molecular flexibility index (Phi) is 3.52. The normalized spacial score (nSPS) is 12.8. The number of halogens is 1. The van der Waals surface area contributed by atoms with Gasteiger partial charge in [0.2, 0.25) is 6.79 Å². The molecule has 2 aromatic rings. The third kappa shape index (κ3) is 2.72. The van der Waals surface area contributed by atoms with Crippen LogP contribution in [0.25, 0.3) is 6.08 Å². The van der Waals surface area contributed by atoms with Gasteiger partial charge in [-0.15, -0.1) is 0 Å². The maximum absolute atomic E-state index is 12.0. The van der Waals surface area contributed by atoms with Gasteiger partial charge in [-0.2, -0.15) is 0 Å². The fraction of sp³-hybridized carbons (Fsp3) is 0.0667. The van der Waals surface area contributed by atoms with Gasteiger partial charge in [-0.3, -0.25) is 9.78 Å². The van der Waals surface area contributed by atoms with Crippen LogP contribution in [0.15, 0.2) is 47.1 Å². The van der Waals surface area contributed by atoms with Crippen molar-refractivity contribution >= 4 is 27.8 Å². The second-order valence-corrected chi connectivity index (χ2v) is 5.09. The number of aromatic nitrogens is 1. The summed E-state index contributed by atoms with van der Waals surface area (Å²) in [4.78, 5) is 16.2. The van der Waals surface area contributed by atoms with Gasteiger partial charge in [-0.05, 0) is 24.3 Å². The summed E-state index contributed by atoms with van der Waals surface area (Å²) in [5.74, 6) is 1.20. The molecule has 1 aliphatic rings. The maximum Gasteiger partial charge on any atom is 0.231 e. The molecule has 1 aliphatic heterocycles. The van der Waals surface area contributed by atoms with Crippen LogP contribution in [-0.4, -0.2) is 17.6 Å². The number of hydrogen-bond acceptors (Lipinski definition) is 4. The number of carbonyl (C=O) groups is 1. The van der Waals surface area contributed by atoms with Gasteiger partial charge < -0.3 is 9.47 Å². The number of ether oxygens (including phenoxy) is 2. The van der Waals surface area contributed by atoms with Crippen LogP contribution >= 0.6 is 15.9 Å². The minimum Gasteiger partial charge on any atom is -0.453 e. The summed E-state index contributed by atoms with van der Waals surface area (Å²) in [6, 6.07) is 8.99. The number of benzene rings is 1. The monoisotopic (exact) mass is 331 g/mol. The van der Waals surface area contributed by atoms with Crippen LogP contribution in [0.2, 0.25) is 0 Å². The minimum absolute atomic E-state index is 0.0780. The van der Waals surface area contributed by atoms with Gasteiger partial charge in [0.15, 0.2) is 17.3 Å². The van der Waals surface area contributed by atoms with Crippen LogP contribution in [0.3, 0.4) is 0 Å². The molecule has 0 fully saturated rings. The molecule has 4 nitrogen and oxygen atoms in total. The number of allylic oxidation sites excluding steroid dienone is 1. The van der Waals surface area contributed by atoms with Crippen molar-refractivity contribution < 1.29 is 14.3 Å². The molecule has 3 rings (SSSR count). The van der Waals surface area contributed by atoms with Crippen LogP contribution in [0, 0.1) is 0 Å². The van der Waals surface area contributed by atoms with Gasteiger partial charge in [0.25, 0.3) is 0 Å². The number of hydrogen-bond donors (Lipinski definition) is 0. The lowest BCUT2D eigenvalue weighted by atomic mass is 10.1. The van der Waals surface area contributed by atoms with Gasteiger partial charge in [0.1, 0.15) is 0 Å². The van der Waals surface area contributed by atoms with Crippen molar-refractivity contribution in [1.29, 1.82) is 0 Å². The van der Waals surface area contributed by atoms with E-state index in [0.29, 0.717) is 22.8 Å². The second-order valence-electron chi connectivity index (χ2n) is 4.17. The number of fused-ring (bicyclic) bond motifs is 1. The van der Waals surface area contributed by atoms with Crippen molar-refractivity contribution in [2.45, 2.75) is 0 Å². The molecule has 100 valence electrons. The first-order valence-electron chi connectivity index (χ1n) is 5.96. The van der Waals surface area contributed by atoms with Gasteiger partial charge in [0.05, 0.1) is 11.9 Å². The molecule has 0 N–H and O–H groups in total. The molecule has 0 atom stereocenters. The van der Waals surface area contributed by atoms with Crippen LogP contribution in [0.5, 0.6) is 11.5 Å². The smallest absolute Gasteiger partial charge is 0.231 e. The lowest BCUT2D eigenvalue weighted by Crippen LogP contribution is -1.93. The molecule has 0 bridgehead atoms. The Bertz CT molecular complexity index is 697. The highest BCUT2D eigenvalue weighted by Crippen LogP contribution is 2.31. The fourth-order valence-electron chi connectivity index (χ4n) is 1.81. The van der Waals surface area contributed by atoms with Gasteiger partial charge in [-0.25, -0.2) is 0 Å². The van der Waals surface area contributed by atoms with E-state index in [2.05, 4.69) is 20.9 Å². The summed E-state index contributed by atoms with van der Waals surface area (Å²) in [6.07, 6.45) is 4.74. The van der Waals surface area contributed by atoms with E-state index in [-0.39, 0.29) is 12.6 Å². The first-order valence-corrected chi connectivity index (χ1v) is 6.75. The zero-order chi connectivity index (χ0) is 13.9. The van der Waals surface area contributed by atoms with Crippen molar-refractivity contribution in [3.8, 4) is 11.5 Å². The molecule has 2 heterocycles. The molecule has 0 saturated carbocycles. The lowest BCUT2D eigenvalue weighted by molar-refractivity contribution is 0.104. The van der Waals surface area contributed by atoms with E-state index in [9.17, 15) is 4.79 Å². The van der Waals surface area contributed by atoms with Gasteiger partial charge >= 0.3 is 0 Å². The molecular weight excluding hydrogens is 322 g/mol. The SMILES string of the molecule is O=C(/C=C/c1cc2c(cn1)OCO2)c1cccc(Br)c1. The third-order valence-corrected chi connectivity index (χ3v) is 3.29. The molecular formula is C15H10BrNO3. The predicted octanol–water partition coefficient (Wildman–Crippen LogP) is 3.47. The van der Waals surface area contributed by atoms with E-state index in [0.717, 1.165) is 4.47 Å². The number of pyridine rings is 1. The second kappa shape index (κ2) is 5.46. The lowest BCUT2D eigenvalue weighted by Gasteiger charge is -1.98. The summed E-state index contributed by atoms with van der Waals surface area (Å²) in [5, 5.41) is 0. The number of nitrogens with zero attached hydrogens (tertiary/aromatic N) is 1. The zero-order valence-corrected chi connectivity index (χ0v) is 12.0. The Morgan fingerprint density at radius 2 is 2.10 bits per heavy atom. The van der Waals surface area contributed by atoms with E-state index in [1.54, 1.807) is 30.5 Å². The van der Waals surface area contributed by atoms with Gasteiger partial charge in [-0.1, -0.05) is 28.1 Å². The summed E-state index contributed by atoms with van der Waals surface area (Å²) in [7, 11) is 0. The van der Waals surface area contributed by atoms with Crippen molar-refractivity contribution in [2.24, 2.45) is 0 Å².